The van der Waals surface area contributed by atoms with Crippen LogP contribution in [0.4, 0.5) is 0 Å². The van der Waals surface area contributed by atoms with Gasteiger partial charge in [0.1, 0.15) is 5.01 Å². The quantitative estimate of drug-likeness (QED) is 0.798. The summed E-state index contributed by atoms with van der Waals surface area (Å²) in [4.78, 5) is 1.91. The maximum atomic E-state index is 6.26. The first-order chi connectivity index (χ1) is 9.83. The number of ether oxygens (including phenoxy) is 1. The van der Waals surface area contributed by atoms with E-state index in [9.17, 15) is 0 Å². The molecule has 0 bridgehead atoms. The van der Waals surface area contributed by atoms with E-state index in [1.165, 1.54) is 11.3 Å². The highest BCUT2D eigenvalue weighted by Gasteiger charge is 2.26. The summed E-state index contributed by atoms with van der Waals surface area (Å²) in [6.07, 6.45) is 0.977. The van der Waals surface area contributed by atoms with Crippen molar-refractivity contribution in [1.29, 1.82) is 0 Å². The fraction of sp³-hybridized carbons (Fsp3) is 0.417. The molecule has 104 valence electrons. The standard InChI is InChI=1S/C12H13N5OS2/c13-9(8-2-1-5-19-8)11-16-17-10(7-3-4-18-6-7)14-15-12(17)20-11/h1-2,5,7,9H,3-4,6,13H2. The molecular weight excluding hydrogens is 294 g/mol. The topological polar surface area (TPSA) is 78.3 Å². The molecule has 4 heterocycles. The Kier molecular flexibility index (Phi) is 3.03. The van der Waals surface area contributed by atoms with Crippen LogP contribution in [-0.4, -0.2) is 33.0 Å². The van der Waals surface area contributed by atoms with Gasteiger partial charge in [0.15, 0.2) is 5.82 Å². The molecule has 1 aliphatic heterocycles. The van der Waals surface area contributed by atoms with E-state index >= 15 is 0 Å². The molecule has 2 atom stereocenters. The molecule has 0 aliphatic carbocycles. The molecule has 8 heteroatoms. The highest BCUT2D eigenvalue weighted by molar-refractivity contribution is 7.17. The molecule has 0 radical (unpaired) electrons. The van der Waals surface area contributed by atoms with Gasteiger partial charge >= 0.3 is 0 Å². The number of rotatable bonds is 3. The number of nitrogens with two attached hydrogens (primary N) is 1. The predicted molar refractivity (Wildman–Crippen MR) is 77.2 cm³/mol. The zero-order valence-electron chi connectivity index (χ0n) is 10.6. The van der Waals surface area contributed by atoms with Gasteiger partial charge < -0.3 is 10.5 Å². The monoisotopic (exact) mass is 307 g/mol. The Morgan fingerprint density at radius 2 is 2.40 bits per heavy atom. The molecule has 1 fully saturated rings. The van der Waals surface area contributed by atoms with E-state index < -0.39 is 0 Å². The van der Waals surface area contributed by atoms with Gasteiger partial charge in [-0.15, -0.1) is 21.5 Å². The number of hydrogen-bond acceptors (Lipinski definition) is 7. The van der Waals surface area contributed by atoms with E-state index in [4.69, 9.17) is 10.5 Å². The molecule has 0 aromatic carbocycles. The Morgan fingerprint density at radius 3 is 3.15 bits per heavy atom. The molecule has 0 saturated carbocycles. The van der Waals surface area contributed by atoms with Crippen LogP contribution in [0.1, 0.15) is 34.1 Å². The van der Waals surface area contributed by atoms with Gasteiger partial charge in [-0.2, -0.15) is 9.61 Å². The number of nitrogens with zero attached hydrogens (tertiary/aromatic N) is 4. The molecule has 4 rings (SSSR count). The summed E-state index contributed by atoms with van der Waals surface area (Å²) in [5.41, 5.74) is 6.26. The van der Waals surface area contributed by atoms with Crippen molar-refractivity contribution in [3.63, 3.8) is 0 Å². The van der Waals surface area contributed by atoms with Crippen LogP contribution in [0.3, 0.4) is 0 Å². The van der Waals surface area contributed by atoms with Gasteiger partial charge in [-0.1, -0.05) is 17.4 Å². The van der Waals surface area contributed by atoms with Crippen LogP contribution < -0.4 is 5.73 Å². The summed E-state index contributed by atoms with van der Waals surface area (Å²) < 4.78 is 7.24. The average Bonchev–Trinajstić information content (AvgIpc) is 3.20. The predicted octanol–water partition coefficient (Wildman–Crippen LogP) is 1.80. The van der Waals surface area contributed by atoms with Crippen molar-refractivity contribution in [2.24, 2.45) is 5.73 Å². The zero-order valence-corrected chi connectivity index (χ0v) is 12.2. The largest absolute Gasteiger partial charge is 0.381 e. The first kappa shape index (κ1) is 12.4. The normalized spacial score (nSPS) is 20.8. The van der Waals surface area contributed by atoms with Crippen molar-refractivity contribution >= 4 is 27.6 Å². The molecule has 3 aromatic rings. The van der Waals surface area contributed by atoms with Crippen LogP contribution in [0.5, 0.6) is 0 Å². The van der Waals surface area contributed by atoms with Crippen molar-refractivity contribution < 1.29 is 4.74 Å². The molecule has 3 aromatic heterocycles. The second kappa shape index (κ2) is 4.88. The van der Waals surface area contributed by atoms with Crippen molar-refractivity contribution in [2.45, 2.75) is 18.4 Å². The summed E-state index contributed by atoms with van der Waals surface area (Å²) in [6.45, 7) is 1.48. The molecule has 1 saturated heterocycles. The van der Waals surface area contributed by atoms with Crippen molar-refractivity contribution in [1.82, 2.24) is 19.8 Å². The second-order valence-electron chi connectivity index (χ2n) is 4.75. The maximum Gasteiger partial charge on any atom is 0.234 e. The van der Waals surface area contributed by atoms with Gasteiger partial charge in [-0.05, 0) is 17.9 Å². The minimum Gasteiger partial charge on any atom is -0.381 e. The van der Waals surface area contributed by atoms with Crippen molar-refractivity contribution in [3.8, 4) is 0 Å². The lowest BCUT2D eigenvalue weighted by molar-refractivity contribution is 0.193. The fourth-order valence-electron chi connectivity index (χ4n) is 2.36. The molecule has 2 N–H and O–H groups in total. The van der Waals surface area contributed by atoms with Gasteiger partial charge in [-0.3, -0.25) is 0 Å². The highest BCUT2D eigenvalue weighted by atomic mass is 32.1. The van der Waals surface area contributed by atoms with Gasteiger partial charge in [0.2, 0.25) is 4.96 Å². The zero-order chi connectivity index (χ0) is 13.5. The van der Waals surface area contributed by atoms with E-state index in [-0.39, 0.29) is 12.0 Å². The number of fused-ring (bicyclic) bond motifs is 1. The van der Waals surface area contributed by atoms with E-state index in [1.807, 2.05) is 22.0 Å². The smallest absolute Gasteiger partial charge is 0.234 e. The van der Waals surface area contributed by atoms with E-state index in [0.717, 1.165) is 33.7 Å². The Bertz CT molecular complexity index is 713. The first-order valence-electron chi connectivity index (χ1n) is 6.41. The van der Waals surface area contributed by atoms with Crippen molar-refractivity contribution in [3.05, 3.63) is 33.2 Å². The van der Waals surface area contributed by atoms with Crippen LogP contribution in [0.25, 0.3) is 4.96 Å². The molecule has 0 amide bonds. The van der Waals surface area contributed by atoms with E-state index in [1.54, 1.807) is 11.3 Å². The lowest BCUT2D eigenvalue weighted by atomic mass is 10.1. The third-order valence-corrected chi connectivity index (χ3v) is 5.38. The summed E-state index contributed by atoms with van der Waals surface area (Å²) in [5, 5.41) is 16.0. The maximum absolute atomic E-state index is 6.26. The van der Waals surface area contributed by atoms with Gasteiger partial charge in [0.05, 0.1) is 12.6 Å². The SMILES string of the molecule is NC(c1cccs1)c1nn2c(C3CCOC3)nnc2s1. The second-order valence-corrected chi connectivity index (χ2v) is 6.71. The van der Waals surface area contributed by atoms with Gasteiger partial charge in [0, 0.05) is 17.4 Å². The Hall–Kier alpha value is -1.35. The summed E-state index contributed by atoms with van der Waals surface area (Å²) in [6, 6.07) is 3.85. The molecule has 1 aliphatic rings. The van der Waals surface area contributed by atoms with Gasteiger partial charge in [-0.25, -0.2) is 0 Å². The van der Waals surface area contributed by atoms with Gasteiger partial charge in [0.25, 0.3) is 0 Å². The number of hydrogen-bond donors (Lipinski definition) is 1. The minimum atomic E-state index is -0.186. The molecule has 6 nitrogen and oxygen atoms in total. The van der Waals surface area contributed by atoms with E-state index in [2.05, 4.69) is 15.3 Å². The fourth-order valence-corrected chi connectivity index (χ4v) is 4.03. The van der Waals surface area contributed by atoms with Crippen LogP contribution in [-0.2, 0) is 4.74 Å². The van der Waals surface area contributed by atoms with Crippen molar-refractivity contribution in [2.75, 3.05) is 13.2 Å². The number of thiophene rings is 1. The van der Waals surface area contributed by atoms with Crippen LogP contribution in [0.15, 0.2) is 17.5 Å². The minimum absolute atomic E-state index is 0.186. The summed E-state index contributed by atoms with van der Waals surface area (Å²) in [5.74, 6) is 1.18. The molecule has 0 spiro atoms. The van der Waals surface area contributed by atoms with E-state index in [0.29, 0.717) is 6.61 Å². The number of aromatic nitrogens is 4. The van der Waals surface area contributed by atoms with Crippen LogP contribution in [0, 0.1) is 0 Å². The Morgan fingerprint density at radius 1 is 1.45 bits per heavy atom. The highest BCUT2D eigenvalue weighted by Crippen LogP contribution is 2.30. The molecule has 20 heavy (non-hydrogen) atoms. The lowest BCUT2D eigenvalue weighted by Crippen LogP contribution is -2.11. The molecule has 2 unspecified atom stereocenters. The Balaban J connectivity index is 1.72. The Labute approximate surface area is 123 Å². The van der Waals surface area contributed by atoms with Crippen LogP contribution in [0.2, 0.25) is 0 Å². The van der Waals surface area contributed by atoms with Crippen LogP contribution >= 0.6 is 22.7 Å². The summed E-state index contributed by atoms with van der Waals surface area (Å²) in [7, 11) is 0. The third kappa shape index (κ3) is 1.96. The lowest BCUT2D eigenvalue weighted by Gasteiger charge is -2.04. The molecular formula is C12H13N5OS2. The average molecular weight is 307 g/mol. The first-order valence-corrected chi connectivity index (χ1v) is 8.11. The summed E-state index contributed by atoms with van der Waals surface area (Å²) >= 11 is 3.15. The third-order valence-electron chi connectivity index (χ3n) is 3.44.